The van der Waals surface area contributed by atoms with E-state index in [-0.39, 0.29) is 30.5 Å². The van der Waals surface area contributed by atoms with Crippen LogP contribution in [0.1, 0.15) is 23.6 Å². The van der Waals surface area contributed by atoms with Crippen LogP contribution in [0, 0.1) is 6.92 Å². The summed E-state index contributed by atoms with van der Waals surface area (Å²) < 4.78 is 4.51. The predicted octanol–water partition coefficient (Wildman–Crippen LogP) is 1.69. The van der Waals surface area contributed by atoms with Crippen LogP contribution in [0.15, 0.2) is 18.2 Å². The smallest absolute Gasteiger partial charge is 0.307 e. The van der Waals surface area contributed by atoms with E-state index in [2.05, 4.69) is 4.74 Å². The first-order valence-electron chi connectivity index (χ1n) is 4.66. The number of esters is 1. The fourth-order valence-electron chi connectivity index (χ4n) is 1.34. The molecule has 0 fully saturated rings. The summed E-state index contributed by atoms with van der Waals surface area (Å²) in [5.41, 5.74) is 7.27. The van der Waals surface area contributed by atoms with E-state index in [4.69, 9.17) is 5.73 Å². The molecule has 0 saturated carbocycles. The number of nitrogens with two attached hydrogens (primary N) is 1. The van der Waals surface area contributed by atoms with Crippen LogP contribution in [0.2, 0.25) is 0 Å². The lowest BCUT2D eigenvalue weighted by atomic mass is 10.0. The van der Waals surface area contributed by atoms with E-state index in [1.165, 1.54) is 7.11 Å². The Bertz CT molecular complexity index is 368. The van der Waals surface area contributed by atoms with Gasteiger partial charge in [-0.15, -0.1) is 12.4 Å². The lowest BCUT2D eigenvalue weighted by molar-refractivity contribution is -0.141. The topological polar surface area (TPSA) is 72.5 Å². The Morgan fingerprint density at radius 1 is 1.56 bits per heavy atom. The van der Waals surface area contributed by atoms with Crippen LogP contribution in [0.5, 0.6) is 5.75 Å². The highest BCUT2D eigenvalue weighted by molar-refractivity contribution is 5.85. The van der Waals surface area contributed by atoms with E-state index in [1.807, 2.05) is 13.0 Å². The molecule has 90 valence electrons. The van der Waals surface area contributed by atoms with Crippen LogP contribution in [0.4, 0.5) is 0 Å². The van der Waals surface area contributed by atoms with Crippen molar-refractivity contribution >= 4 is 18.4 Å². The molecule has 3 N–H and O–H groups in total. The monoisotopic (exact) mass is 245 g/mol. The first-order chi connectivity index (χ1) is 7.04. The summed E-state index contributed by atoms with van der Waals surface area (Å²) in [6.07, 6.45) is 0.0626. The number of rotatable bonds is 3. The Balaban J connectivity index is 0.00000225. The van der Waals surface area contributed by atoms with E-state index < -0.39 is 6.04 Å². The number of methoxy groups -OCH3 is 1. The third-order valence-corrected chi connectivity index (χ3v) is 2.20. The lowest BCUT2D eigenvalue weighted by Gasteiger charge is -2.12. The molecule has 0 aliphatic rings. The first kappa shape index (κ1) is 14.7. The fraction of sp³-hybridized carbons (Fsp3) is 0.364. The van der Waals surface area contributed by atoms with E-state index in [9.17, 15) is 9.90 Å². The maximum atomic E-state index is 11.0. The number of ether oxygens (including phenoxy) is 1. The molecule has 1 atom stereocenters. The minimum Gasteiger partial charge on any atom is -0.508 e. The molecule has 0 bridgehead atoms. The molecule has 0 aliphatic heterocycles. The molecule has 4 nitrogen and oxygen atoms in total. The quantitative estimate of drug-likeness (QED) is 0.795. The van der Waals surface area contributed by atoms with Crippen molar-refractivity contribution in [2.24, 2.45) is 5.73 Å². The normalized spacial score (nSPS) is 11.4. The van der Waals surface area contributed by atoms with Gasteiger partial charge in [0.2, 0.25) is 0 Å². The number of halogens is 1. The number of aromatic hydroxyl groups is 1. The third kappa shape index (κ3) is 3.72. The minimum absolute atomic E-state index is 0. The van der Waals surface area contributed by atoms with Gasteiger partial charge in [0.15, 0.2) is 0 Å². The van der Waals surface area contributed by atoms with Gasteiger partial charge >= 0.3 is 5.97 Å². The zero-order chi connectivity index (χ0) is 11.4. The van der Waals surface area contributed by atoms with Crippen molar-refractivity contribution in [1.82, 2.24) is 0 Å². The minimum atomic E-state index is -0.530. The Kier molecular flexibility index (Phi) is 5.85. The van der Waals surface area contributed by atoms with Crippen LogP contribution in [-0.2, 0) is 9.53 Å². The molecule has 16 heavy (non-hydrogen) atoms. The third-order valence-electron chi connectivity index (χ3n) is 2.20. The van der Waals surface area contributed by atoms with Crippen molar-refractivity contribution in [3.63, 3.8) is 0 Å². The van der Waals surface area contributed by atoms with Gasteiger partial charge in [0.05, 0.1) is 13.5 Å². The lowest BCUT2D eigenvalue weighted by Crippen LogP contribution is -2.16. The second kappa shape index (κ2) is 6.35. The number of carbonyl (C=O) groups is 1. The fourth-order valence-corrected chi connectivity index (χ4v) is 1.34. The zero-order valence-corrected chi connectivity index (χ0v) is 10.1. The zero-order valence-electron chi connectivity index (χ0n) is 9.27. The van der Waals surface area contributed by atoms with Crippen molar-refractivity contribution in [1.29, 1.82) is 0 Å². The molecule has 5 heteroatoms. The molecular weight excluding hydrogens is 230 g/mol. The van der Waals surface area contributed by atoms with Crippen LogP contribution >= 0.6 is 12.4 Å². The highest BCUT2D eigenvalue weighted by Crippen LogP contribution is 2.25. The Morgan fingerprint density at radius 3 is 2.69 bits per heavy atom. The summed E-state index contributed by atoms with van der Waals surface area (Å²) in [5.74, 6) is -0.270. The highest BCUT2D eigenvalue weighted by Gasteiger charge is 2.15. The maximum Gasteiger partial charge on any atom is 0.307 e. The van der Waals surface area contributed by atoms with Crippen LogP contribution in [-0.4, -0.2) is 18.2 Å². The van der Waals surface area contributed by atoms with Gasteiger partial charge in [0.25, 0.3) is 0 Å². The SMILES string of the molecule is COC(=O)C[C@@H](N)c1ccc(C)cc1O.Cl. The summed E-state index contributed by atoms with van der Waals surface area (Å²) >= 11 is 0. The van der Waals surface area contributed by atoms with Crippen LogP contribution in [0.25, 0.3) is 0 Å². The van der Waals surface area contributed by atoms with Crippen LogP contribution < -0.4 is 5.73 Å². The van der Waals surface area contributed by atoms with E-state index in [1.54, 1.807) is 12.1 Å². The van der Waals surface area contributed by atoms with E-state index in [0.29, 0.717) is 5.56 Å². The van der Waals surface area contributed by atoms with Gasteiger partial charge in [-0.05, 0) is 18.6 Å². The molecule has 0 aromatic heterocycles. The van der Waals surface area contributed by atoms with Gasteiger partial charge in [-0.2, -0.15) is 0 Å². The number of hydrogen-bond donors (Lipinski definition) is 2. The Hall–Kier alpha value is -1.26. The molecule has 0 unspecified atom stereocenters. The molecule has 0 saturated heterocycles. The molecule has 0 spiro atoms. The number of benzene rings is 1. The van der Waals surface area contributed by atoms with E-state index in [0.717, 1.165) is 5.56 Å². The average Bonchev–Trinajstić information content (AvgIpc) is 2.17. The van der Waals surface area contributed by atoms with Crippen molar-refractivity contribution in [3.8, 4) is 5.75 Å². The molecule has 0 heterocycles. The first-order valence-corrected chi connectivity index (χ1v) is 4.66. The van der Waals surface area contributed by atoms with Crippen LogP contribution in [0.3, 0.4) is 0 Å². The Labute approximate surface area is 101 Å². The van der Waals surface area contributed by atoms with Gasteiger partial charge in [-0.3, -0.25) is 4.79 Å². The predicted molar refractivity (Wildman–Crippen MR) is 63.7 cm³/mol. The Morgan fingerprint density at radius 2 is 2.19 bits per heavy atom. The van der Waals surface area contributed by atoms with Gasteiger partial charge < -0.3 is 15.6 Å². The molecule has 0 amide bonds. The number of phenols is 1. The van der Waals surface area contributed by atoms with Crippen molar-refractivity contribution < 1.29 is 14.6 Å². The molecule has 0 radical (unpaired) electrons. The summed E-state index contributed by atoms with van der Waals surface area (Å²) in [6.45, 7) is 1.87. The maximum absolute atomic E-state index is 11.0. The van der Waals surface area contributed by atoms with Gasteiger partial charge in [-0.25, -0.2) is 0 Å². The average molecular weight is 246 g/mol. The standard InChI is InChI=1S/C11H15NO3.ClH/c1-7-3-4-8(10(13)5-7)9(12)6-11(14)15-2;/h3-5,9,13H,6,12H2,1-2H3;1H/t9-;/m1./s1. The van der Waals surface area contributed by atoms with Crippen molar-refractivity contribution in [2.75, 3.05) is 7.11 Å². The number of aryl methyl sites for hydroxylation is 1. The number of carbonyl (C=O) groups excluding carboxylic acids is 1. The van der Waals surface area contributed by atoms with Gasteiger partial charge in [-0.1, -0.05) is 12.1 Å². The summed E-state index contributed by atoms with van der Waals surface area (Å²) in [4.78, 5) is 11.0. The molecular formula is C11H16ClNO3. The number of phenolic OH excluding ortho intramolecular Hbond substituents is 1. The van der Waals surface area contributed by atoms with Gasteiger partial charge in [0.1, 0.15) is 5.75 Å². The van der Waals surface area contributed by atoms with Crippen molar-refractivity contribution in [2.45, 2.75) is 19.4 Å². The second-order valence-corrected chi connectivity index (χ2v) is 3.45. The van der Waals surface area contributed by atoms with Gasteiger partial charge in [0, 0.05) is 11.6 Å². The summed E-state index contributed by atoms with van der Waals surface area (Å²) in [6, 6.07) is 4.65. The number of hydrogen-bond acceptors (Lipinski definition) is 4. The molecule has 1 aromatic rings. The molecule has 0 aliphatic carbocycles. The summed E-state index contributed by atoms with van der Waals surface area (Å²) in [7, 11) is 1.31. The molecule has 1 rings (SSSR count). The second-order valence-electron chi connectivity index (χ2n) is 3.45. The highest BCUT2D eigenvalue weighted by atomic mass is 35.5. The molecule has 1 aromatic carbocycles. The van der Waals surface area contributed by atoms with Crippen molar-refractivity contribution in [3.05, 3.63) is 29.3 Å². The largest absolute Gasteiger partial charge is 0.508 e. The van der Waals surface area contributed by atoms with E-state index >= 15 is 0 Å². The summed E-state index contributed by atoms with van der Waals surface area (Å²) in [5, 5.41) is 9.62.